The molecule has 0 unspecified atom stereocenters. The summed E-state index contributed by atoms with van der Waals surface area (Å²) in [5, 5.41) is 7.00. The molecule has 4 N–H and O–H groups in total. The zero-order valence-electron chi connectivity index (χ0n) is 21.1. The molecule has 202 valence electrons. The summed E-state index contributed by atoms with van der Waals surface area (Å²) in [6.45, 7) is 9.68. The van der Waals surface area contributed by atoms with Crippen molar-refractivity contribution in [3.8, 4) is 0 Å². The molecular formula is C23H46ClF4N2O2S-. The smallest absolute Gasteiger partial charge is 0.248 e. The molecule has 0 bridgehead atoms. The van der Waals surface area contributed by atoms with Crippen molar-refractivity contribution in [3.05, 3.63) is 0 Å². The molecule has 0 heterocycles. The second-order valence-corrected chi connectivity index (χ2v) is 12.4. The molecule has 33 heavy (non-hydrogen) atoms. The first-order chi connectivity index (χ1) is 14.6. The van der Waals surface area contributed by atoms with E-state index in [1.807, 2.05) is 34.6 Å². The van der Waals surface area contributed by atoms with Crippen LogP contribution in [0.5, 0.6) is 0 Å². The Hall–Kier alpha value is 0.0400. The van der Waals surface area contributed by atoms with Crippen LogP contribution in [0.25, 0.3) is 0 Å². The number of aliphatic hydroxyl groups excluding tert-OH is 1. The van der Waals surface area contributed by atoms with Gasteiger partial charge in [0.15, 0.2) is 0 Å². The first kappa shape index (κ1) is 35.2. The summed E-state index contributed by atoms with van der Waals surface area (Å²) < 4.78 is 66.1. The topological polar surface area (TPSA) is 75.3 Å². The van der Waals surface area contributed by atoms with Crippen molar-refractivity contribution in [1.82, 2.24) is 4.72 Å². The maximum Gasteiger partial charge on any atom is 0.248 e. The highest BCUT2D eigenvalue weighted by molar-refractivity contribution is 7.84. The van der Waals surface area contributed by atoms with Crippen LogP contribution >= 0.6 is 0 Å². The zero-order chi connectivity index (χ0) is 25.2. The van der Waals surface area contributed by atoms with Crippen molar-refractivity contribution >= 4 is 11.0 Å². The average Bonchev–Trinajstić information content (AvgIpc) is 2.66. The zero-order valence-corrected chi connectivity index (χ0v) is 22.7. The lowest BCUT2D eigenvalue weighted by Gasteiger charge is -2.30. The highest BCUT2D eigenvalue weighted by atomic mass is 35.5. The molecule has 0 aromatic rings. The van der Waals surface area contributed by atoms with Crippen molar-refractivity contribution < 1.29 is 39.3 Å². The SMILES string of the molecule is CO.C[C@@H](CC1CCC(F)(F)CC1)N[S@](=O)C(C)(C)C.C[C@H](N)CC1CCC(F)(F)CC1.[Cl-]. The molecule has 2 aliphatic rings. The minimum absolute atomic E-state index is 0. The van der Waals surface area contributed by atoms with Crippen LogP contribution in [0.1, 0.15) is 98.8 Å². The number of hydrogen-bond acceptors (Lipinski definition) is 3. The molecule has 10 heteroatoms. The van der Waals surface area contributed by atoms with Crippen molar-refractivity contribution in [2.24, 2.45) is 17.6 Å². The van der Waals surface area contributed by atoms with Gasteiger partial charge in [0, 0.05) is 44.9 Å². The fraction of sp³-hybridized carbons (Fsp3) is 1.00. The van der Waals surface area contributed by atoms with E-state index in [0.717, 1.165) is 20.0 Å². The Bertz CT molecular complexity index is 529. The molecule has 0 aromatic carbocycles. The third-order valence-corrected chi connectivity index (χ3v) is 7.66. The van der Waals surface area contributed by atoms with Gasteiger partial charge >= 0.3 is 0 Å². The number of rotatable bonds is 6. The predicted octanol–water partition coefficient (Wildman–Crippen LogP) is 2.80. The summed E-state index contributed by atoms with van der Waals surface area (Å²) in [6, 6.07) is 0.267. The second-order valence-electron chi connectivity index (χ2n) is 10.4. The van der Waals surface area contributed by atoms with E-state index in [-0.39, 0.29) is 54.9 Å². The summed E-state index contributed by atoms with van der Waals surface area (Å²) in [6.07, 6.45) is 4.33. The fourth-order valence-corrected chi connectivity index (χ4v) is 4.92. The van der Waals surface area contributed by atoms with Crippen molar-refractivity contribution in [3.63, 3.8) is 0 Å². The second kappa shape index (κ2) is 15.9. The van der Waals surface area contributed by atoms with Gasteiger partial charge in [0.05, 0.1) is 15.7 Å². The van der Waals surface area contributed by atoms with Gasteiger partial charge in [-0.25, -0.2) is 26.5 Å². The highest BCUT2D eigenvalue weighted by Gasteiger charge is 2.36. The Morgan fingerprint density at radius 2 is 1.24 bits per heavy atom. The fourth-order valence-electron chi connectivity index (χ4n) is 4.10. The minimum atomic E-state index is -2.46. The molecular weight excluding hydrogens is 480 g/mol. The van der Waals surface area contributed by atoms with Crippen LogP contribution < -0.4 is 22.9 Å². The van der Waals surface area contributed by atoms with E-state index in [1.165, 1.54) is 0 Å². The van der Waals surface area contributed by atoms with Gasteiger partial charge in [-0.1, -0.05) is 0 Å². The van der Waals surface area contributed by atoms with Crippen LogP contribution in [0, 0.1) is 11.8 Å². The first-order valence-corrected chi connectivity index (χ1v) is 12.9. The molecule has 0 aromatic heterocycles. The van der Waals surface area contributed by atoms with E-state index in [2.05, 4.69) is 4.72 Å². The van der Waals surface area contributed by atoms with Gasteiger partial charge in [-0.2, -0.15) is 0 Å². The van der Waals surface area contributed by atoms with E-state index >= 15 is 0 Å². The molecule has 2 saturated carbocycles. The van der Waals surface area contributed by atoms with E-state index in [0.29, 0.717) is 37.5 Å². The van der Waals surface area contributed by atoms with Crippen LogP contribution in [0.2, 0.25) is 0 Å². The molecule has 2 aliphatic carbocycles. The lowest BCUT2D eigenvalue weighted by molar-refractivity contribution is -0.0475. The van der Waals surface area contributed by atoms with Crippen molar-refractivity contribution in [2.75, 3.05) is 7.11 Å². The van der Waals surface area contributed by atoms with Crippen LogP contribution in [0.3, 0.4) is 0 Å². The predicted molar refractivity (Wildman–Crippen MR) is 125 cm³/mol. The Balaban J connectivity index is 0. The van der Waals surface area contributed by atoms with E-state index in [4.69, 9.17) is 10.8 Å². The molecule has 0 saturated heterocycles. The minimum Gasteiger partial charge on any atom is -1.00 e. The molecule has 0 aliphatic heterocycles. The van der Waals surface area contributed by atoms with Crippen LogP contribution in [0.4, 0.5) is 17.6 Å². The van der Waals surface area contributed by atoms with Crippen LogP contribution in [-0.2, 0) is 11.0 Å². The normalized spacial score (nSPS) is 23.5. The Labute approximate surface area is 207 Å². The standard InChI is InChI=1S/C13H25F2NOS.C9H17F2N.CH4O.ClH/c1-10(16-18(17)12(2,3)4)9-11-5-7-13(14,15)8-6-11;1-7(12)6-8-2-4-9(10,11)5-3-8;1-2;/h10-11,16H,5-9H2,1-4H3;7-8H,2-6,12H2,1H3;2H,1H3;1H/p-1/t10-,18+;7-;;/m00../s1. The van der Waals surface area contributed by atoms with Crippen LogP contribution in [-0.4, -0.2) is 45.1 Å². The maximum absolute atomic E-state index is 13.0. The van der Waals surface area contributed by atoms with Gasteiger partial charge in [0.1, 0.15) is 0 Å². The molecule has 2 fully saturated rings. The van der Waals surface area contributed by atoms with E-state index in [9.17, 15) is 21.8 Å². The van der Waals surface area contributed by atoms with Gasteiger partial charge in [-0.3, -0.25) is 0 Å². The summed E-state index contributed by atoms with van der Waals surface area (Å²) >= 11 is 0. The summed E-state index contributed by atoms with van der Waals surface area (Å²) in [5.41, 5.74) is 5.60. The number of halogens is 5. The van der Waals surface area contributed by atoms with E-state index < -0.39 is 22.8 Å². The Morgan fingerprint density at radius 3 is 1.55 bits per heavy atom. The third kappa shape index (κ3) is 16.4. The van der Waals surface area contributed by atoms with Gasteiger partial charge in [-0.15, -0.1) is 0 Å². The summed E-state index contributed by atoms with van der Waals surface area (Å²) in [5.74, 6) is -4.08. The molecule has 0 spiro atoms. The highest BCUT2D eigenvalue weighted by Crippen LogP contribution is 2.38. The van der Waals surface area contributed by atoms with Gasteiger partial charge in [0.2, 0.25) is 11.8 Å². The number of alkyl halides is 4. The quantitative estimate of drug-likeness (QED) is 0.467. The van der Waals surface area contributed by atoms with Crippen LogP contribution in [0.15, 0.2) is 0 Å². The third-order valence-electron chi connectivity index (χ3n) is 5.93. The molecule has 2 rings (SSSR count). The largest absolute Gasteiger partial charge is 1.00 e. The maximum atomic E-state index is 13.0. The molecule has 0 radical (unpaired) electrons. The Kier molecular flexibility index (Phi) is 17.0. The number of aliphatic hydroxyl groups is 1. The lowest BCUT2D eigenvalue weighted by atomic mass is 9.83. The number of nitrogens with one attached hydrogen (secondary N) is 1. The monoisotopic (exact) mass is 525 g/mol. The van der Waals surface area contributed by atoms with Crippen molar-refractivity contribution in [2.45, 2.75) is 128 Å². The summed E-state index contributed by atoms with van der Waals surface area (Å²) in [7, 11) is -0.0852. The van der Waals surface area contributed by atoms with Gasteiger partial charge < -0.3 is 23.2 Å². The number of nitrogens with two attached hydrogens (primary N) is 1. The molecule has 0 amide bonds. The first-order valence-electron chi connectivity index (χ1n) is 11.7. The number of hydrogen-bond donors (Lipinski definition) is 3. The summed E-state index contributed by atoms with van der Waals surface area (Å²) in [4.78, 5) is 0. The molecule has 4 nitrogen and oxygen atoms in total. The van der Waals surface area contributed by atoms with Gasteiger partial charge in [0.25, 0.3) is 0 Å². The van der Waals surface area contributed by atoms with Gasteiger partial charge in [-0.05, 0) is 85.0 Å². The average molecular weight is 526 g/mol. The Morgan fingerprint density at radius 1 is 0.909 bits per heavy atom. The lowest BCUT2D eigenvalue weighted by Crippen LogP contribution is -3.00. The molecule has 3 atom stereocenters. The van der Waals surface area contributed by atoms with E-state index in [1.54, 1.807) is 0 Å². The van der Waals surface area contributed by atoms with Crippen molar-refractivity contribution in [1.29, 1.82) is 0 Å².